The number of carbonyl (C=O) groups excluding carboxylic acids is 1. The second kappa shape index (κ2) is 6.25. The van der Waals surface area contributed by atoms with E-state index < -0.39 is 17.9 Å². The number of halogens is 1. The van der Waals surface area contributed by atoms with Crippen molar-refractivity contribution in [2.24, 2.45) is 0 Å². The molecule has 21 heavy (non-hydrogen) atoms. The maximum absolute atomic E-state index is 12.1. The quantitative estimate of drug-likeness (QED) is 0.669. The summed E-state index contributed by atoms with van der Waals surface area (Å²) >= 11 is 6.03. The molecule has 2 aromatic rings. The Kier molecular flexibility index (Phi) is 4.41. The van der Waals surface area contributed by atoms with Crippen LogP contribution in [-0.2, 0) is 4.79 Å². The van der Waals surface area contributed by atoms with Gasteiger partial charge in [0.25, 0.3) is 5.91 Å². The number of aromatic nitrogens is 1. The molecule has 0 radical (unpaired) electrons. The molecular formula is C15H11ClN2O3. The Labute approximate surface area is 125 Å². The minimum absolute atomic E-state index is 0.0435. The molecule has 1 aromatic heterocycles. The largest absolute Gasteiger partial charge is 0.480 e. The third-order valence-corrected chi connectivity index (χ3v) is 3.14. The molecule has 0 aliphatic heterocycles. The molecule has 1 unspecified atom stereocenters. The van der Waals surface area contributed by atoms with E-state index in [-0.39, 0.29) is 17.3 Å². The van der Waals surface area contributed by atoms with Gasteiger partial charge in [-0.05, 0) is 11.5 Å². The predicted molar refractivity (Wildman–Crippen MR) is 79.1 cm³/mol. The Morgan fingerprint density at radius 1 is 1.43 bits per heavy atom. The molecule has 0 saturated heterocycles. The van der Waals surface area contributed by atoms with E-state index in [1.165, 1.54) is 0 Å². The zero-order valence-electron chi connectivity index (χ0n) is 10.8. The highest BCUT2D eigenvalue weighted by Gasteiger charge is 2.21. The van der Waals surface area contributed by atoms with E-state index in [0.717, 1.165) is 5.39 Å². The number of nitrogens with one attached hydrogen (secondary N) is 1. The van der Waals surface area contributed by atoms with Crippen LogP contribution in [0.3, 0.4) is 0 Å². The Morgan fingerprint density at radius 3 is 2.81 bits per heavy atom. The smallest absolute Gasteiger partial charge is 0.327 e. The summed E-state index contributed by atoms with van der Waals surface area (Å²) in [4.78, 5) is 27.0. The van der Waals surface area contributed by atoms with Crippen LogP contribution < -0.4 is 5.32 Å². The minimum atomic E-state index is -1.20. The van der Waals surface area contributed by atoms with Crippen molar-refractivity contribution in [1.82, 2.24) is 10.3 Å². The summed E-state index contributed by atoms with van der Waals surface area (Å²) < 4.78 is 0. The average Bonchev–Trinajstić information content (AvgIpc) is 2.46. The second-order valence-corrected chi connectivity index (χ2v) is 4.65. The van der Waals surface area contributed by atoms with Crippen LogP contribution in [0.4, 0.5) is 0 Å². The first-order chi connectivity index (χ1) is 10.0. The molecule has 0 bridgehead atoms. The molecule has 1 heterocycles. The van der Waals surface area contributed by atoms with E-state index in [2.05, 4.69) is 16.2 Å². The van der Waals surface area contributed by atoms with Crippen molar-refractivity contribution in [3.05, 3.63) is 41.2 Å². The first-order valence-corrected chi connectivity index (χ1v) is 6.43. The first-order valence-electron chi connectivity index (χ1n) is 6.05. The molecule has 106 valence electrons. The van der Waals surface area contributed by atoms with Gasteiger partial charge in [-0.3, -0.25) is 4.79 Å². The highest BCUT2D eigenvalue weighted by atomic mass is 35.5. The number of amides is 1. The van der Waals surface area contributed by atoms with Gasteiger partial charge in [-0.15, -0.1) is 12.3 Å². The van der Waals surface area contributed by atoms with Crippen molar-refractivity contribution in [3.8, 4) is 12.3 Å². The third-order valence-electron chi connectivity index (χ3n) is 2.85. The molecule has 1 aromatic carbocycles. The fraction of sp³-hybridized carbons (Fsp3) is 0.133. The molecule has 0 fully saturated rings. The number of terminal acetylenes is 1. The number of aliphatic carboxylic acids is 1. The molecule has 0 spiro atoms. The molecule has 6 heteroatoms. The van der Waals surface area contributed by atoms with Crippen molar-refractivity contribution in [2.75, 3.05) is 0 Å². The molecule has 0 saturated carbocycles. The first kappa shape index (κ1) is 14.8. The van der Waals surface area contributed by atoms with Gasteiger partial charge in [-0.25, -0.2) is 9.78 Å². The van der Waals surface area contributed by atoms with E-state index in [4.69, 9.17) is 23.1 Å². The zero-order chi connectivity index (χ0) is 15.4. The van der Waals surface area contributed by atoms with Gasteiger partial charge in [-0.2, -0.15) is 0 Å². The van der Waals surface area contributed by atoms with Crippen LogP contribution in [-0.4, -0.2) is 28.0 Å². The number of carboxylic acid groups (broad SMARTS) is 1. The number of benzene rings is 1. The van der Waals surface area contributed by atoms with Crippen molar-refractivity contribution in [3.63, 3.8) is 0 Å². The number of rotatable bonds is 4. The summed E-state index contributed by atoms with van der Waals surface area (Å²) in [6.07, 6.45) is 4.97. The molecule has 0 aliphatic carbocycles. The fourth-order valence-corrected chi connectivity index (χ4v) is 2.09. The Bertz CT molecular complexity index is 752. The highest BCUT2D eigenvalue weighted by Crippen LogP contribution is 2.22. The fourth-order valence-electron chi connectivity index (χ4n) is 1.82. The average molecular weight is 303 g/mol. The van der Waals surface area contributed by atoms with Crippen molar-refractivity contribution in [1.29, 1.82) is 0 Å². The van der Waals surface area contributed by atoms with E-state index in [1.54, 1.807) is 24.3 Å². The summed E-state index contributed by atoms with van der Waals surface area (Å²) in [5.74, 6) is 0.370. The summed E-state index contributed by atoms with van der Waals surface area (Å²) in [5.41, 5.74) is 0.0435. The van der Waals surface area contributed by atoms with Crippen LogP contribution in [0.15, 0.2) is 30.3 Å². The highest BCUT2D eigenvalue weighted by molar-refractivity contribution is 6.34. The van der Waals surface area contributed by atoms with E-state index in [9.17, 15) is 9.59 Å². The minimum Gasteiger partial charge on any atom is -0.480 e. The molecule has 2 rings (SSSR count). The van der Waals surface area contributed by atoms with Crippen LogP contribution in [0.2, 0.25) is 5.15 Å². The third kappa shape index (κ3) is 3.30. The number of hydrogen-bond donors (Lipinski definition) is 2. The monoisotopic (exact) mass is 302 g/mol. The lowest BCUT2D eigenvalue weighted by Gasteiger charge is -2.12. The topological polar surface area (TPSA) is 79.3 Å². The van der Waals surface area contributed by atoms with E-state index >= 15 is 0 Å². The number of carbonyl (C=O) groups is 2. The lowest BCUT2D eigenvalue weighted by molar-refractivity contribution is -0.139. The normalized spacial score (nSPS) is 11.6. The molecule has 1 amide bonds. The standard InChI is InChI=1S/C15H11ClN2O3/c1-2-5-11(15(20)21)18-14(19)12-8-9-6-3-4-7-10(9)13(16)17-12/h1,3-4,6-8,11H,5H2,(H,18,19)(H,20,21). The predicted octanol–water partition coefficient (Wildman–Crippen LogP) is 2.09. The molecule has 1 atom stereocenters. The summed E-state index contributed by atoms with van der Waals surface area (Å²) in [7, 11) is 0. The van der Waals surface area contributed by atoms with Gasteiger partial charge in [0.1, 0.15) is 16.9 Å². The molecule has 0 aliphatic rings. The Morgan fingerprint density at radius 2 is 2.14 bits per heavy atom. The molecule has 2 N–H and O–H groups in total. The van der Waals surface area contributed by atoms with Gasteiger partial charge < -0.3 is 10.4 Å². The lowest BCUT2D eigenvalue weighted by atomic mass is 10.1. The second-order valence-electron chi connectivity index (χ2n) is 4.29. The maximum atomic E-state index is 12.1. The van der Waals surface area contributed by atoms with E-state index in [0.29, 0.717) is 5.39 Å². The molecular weight excluding hydrogens is 292 g/mol. The lowest BCUT2D eigenvalue weighted by Crippen LogP contribution is -2.40. The summed E-state index contributed by atoms with van der Waals surface area (Å²) in [6, 6.07) is 7.57. The van der Waals surface area contributed by atoms with Gasteiger partial charge in [0, 0.05) is 11.8 Å². The number of pyridine rings is 1. The SMILES string of the molecule is C#CCC(NC(=O)c1cc2ccccc2c(Cl)n1)C(=O)O. The number of fused-ring (bicyclic) bond motifs is 1. The van der Waals surface area contributed by atoms with Gasteiger partial charge in [0.2, 0.25) is 0 Å². The van der Waals surface area contributed by atoms with Crippen molar-refractivity contribution >= 4 is 34.2 Å². The Hall–Kier alpha value is -2.58. The number of carboxylic acids is 1. The number of nitrogens with zero attached hydrogens (tertiary/aromatic N) is 1. The summed E-state index contributed by atoms with van der Waals surface area (Å²) in [5, 5.41) is 12.9. The molecule has 5 nitrogen and oxygen atoms in total. The number of hydrogen-bond acceptors (Lipinski definition) is 3. The van der Waals surface area contributed by atoms with Crippen LogP contribution in [0.25, 0.3) is 10.8 Å². The summed E-state index contributed by atoms with van der Waals surface area (Å²) in [6.45, 7) is 0. The van der Waals surface area contributed by atoms with Crippen molar-refractivity contribution in [2.45, 2.75) is 12.5 Å². The van der Waals surface area contributed by atoms with Gasteiger partial charge >= 0.3 is 5.97 Å². The van der Waals surface area contributed by atoms with Crippen LogP contribution in [0.5, 0.6) is 0 Å². The van der Waals surface area contributed by atoms with Gasteiger partial charge in [0.05, 0.1) is 0 Å². The van der Waals surface area contributed by atoms with Crippen LogP contribution >= 0.6 is 11.6 Å². The Balaban J connectivity index is 2.31. The van der Waals surface area contributed by atoms with Gasteiger partial charge in [-0.1, -0.05) is 35.9 Å². The maximum Gasteiger partial charge on any atom is 0.327 e. The van der Waals surface area contributed by atoms with Gasteiger partial charge in [0.15, 0.2) is 0 Å². The van der Waals surface area contributed by atoms with Crippen LogP contribution in [0.1, 0.15) is 16.9 Å². The zero-order valence-corrected chi connectivity index (χ0v) is 11.6. The van der Waals surface area contributed by atoms with Crippen LogP contribution in [0, 0.1) is 12.3 Å². The van der Waals surface area contributed by atoms with E-state index in [1.807, 2.05) is 6.07 Å². The van der Waals surface area contributed by atoms with Crippen molar-refractivity contribution < 1.29 is 14.7 Å².